The van der Waals surface area contributed by atoms with E-state index in [1.165, 1.54) is 32.1 Å². The van der Waals surface area contributed by atoms with Crippen LogP contribution in [0.25, 0.3) is 0 Å². The van der Waals surface area contributed by atoms with E-state index in [-0.39, 0.29) is 5.91 Å². The number of amides is 1. The van der Waals surface area contributed by atoms with Gasteiger partial charge in [-0.05, 0) is 37.0 Å². The lowest BCUT2D eigenvalue weighted by atomic mass is 9.87. The number of rotatable bonds is 5. The molecule has 1 amide bonds. The van der Waals surface area contributed by atoms with Crippen LogP contribution in [-0.2, 0) is 4.79 Å². The van der Waals surface area contributed by atoms with Crippen LogP contribution >= 0.6 is 15.9 Å². The molecular weight excluding hydrogens is 342 g/mol. The van der Waals surface area contributed by atoms with Gasteiger partial charge in [0, 0.05) is 10.9 Å². The molecule has 1 aromatic rings. The summed E-state index contributed by atoms with van der Waals surface area (Å²) in [7, 11) is 0. The Hall–Kier alpha value is -1.47. The van der Waals surface area contributed by atoms with E-state index in [0.717, 1.165) is 10.2 Å². The summed E-state index contributed by atoms with van der Waals surface area (Å²) in [5.41, 5.74) is 0. The van der Waals surface area contributed by atoms with Crippen LogP contribution in [-0.4, -0.2) is 19.1 Å². The smallest absolute Gasteiger partial charge is 0.221 e. The molecule has 4 heteroatoms. The third kappa shape index (κ3) is 6.53. The van der Waals surface area contributed by atoms with Gasteiger partial charge in [-0.25, -0.2) is 0 Å². The van der Waals surface area contributed by atoms with E-state index < -0.39 is 0 Å². The molecule has 118 valence electrons. The molecule has 0 atom stereocenters. The van der Waals surface area contributed by atoms with Crippen LogP contribution in [0.3, 0.4) is 0 Å². The Morgan fingerprint density at radius 2 is 2.09 bits per heavy atom. The lowest BCUT2D eigenvalue weighted by molar-refractivity contribution is -0.122. The zero-order chi connectivity index (χ0) is 15.6. The van der Waals surface area contributed by atoms with Crippen molar-refractivity contribution in [3.63, 3.8) is 0 Å². The number of hydrogen-bond donors (Lipinski definition) is 1. The van der Waals surface area contributed by atoms with Crippen molar-refractivity contribution in [2.75, 3.05) is 13.2 Å². The number of halogens is 1. The van der Waals surface area contributed by atoms with E-state index in [1.54, 1.807) is 0 Å². The number of carbonyl (C=O) groups excluding carboxylic acids is 1. The topological polar surface area (TPSA) is 38.3 Å². The summed E-state index contributed by atoms with van der Waals surface area (Å²) in [5.74, 6) is 7.30. The summed E-state index contributed by atoms with van der Waals surface area (Å²) >= 11 is 3.39. The third-order valence-electron chi connectivity index (χ3n) is 3.80. The zero-order valence-electron chi connectivity index (χ0n) is 12.7. The largest absolute Gasteiger partial charge is 0.481 e. The summed E-state index contributed by atoms with van der Waals surface area (Å²) in [6.07, 6.45) is 6.90. The number of carbonyl (C=O) groups is 1. The molecule has 22 heavy (non-hydrogen) atoms. The lowest BCUT2D eigenvalue weighted by Crippen LogP contribution is -2.26. The van der Waals surface area contributed by atoms with Crippen molar-refractivity contribution in [3.8, 4) is 17.6 Å². The summed E-state index contributed by atoms with van der Waals surface area (Å²) < 4.78 is 6.48. The molecule has 0 aliphatic heterocycles. The zero-order valence-corrected chi connectivity index (χ0v) is 14.3. The van der Waals surface area contributed by atoms with E-state index in [4.69, 9.17) is 4.74 Å². The molecule has 3 nitrogen and oxygen atoms in total. The van der Waals surface area contributed by atoms with Gasteiger partial charge < -0.3 is 10.1 Å². The molecule has 0 aromatic heterocycles. The maximum Gasteiger partial charge on any atom is 0.221 e. The first kappa shape index (κ1) is 16.9. The van der Waals surface area contributed by atoms with Gasteiger partial charge in [-0.1, -0.05) is 53.1 Å². The molecule has 0 spiro atoms. The fraction of sp³-hybridized carbons (Fsp3) is 0.500. The Bertz CT molecular complexity index is 542. The van der Waals surface area contributed by atoms with Crippen LogP contribution in [0.15, 0.2) is 28.7 Å². The van der Waals surface area contributed by atoms with Crippen molar-refractivity contribution in [1.29, 1.82) is 0 Å². The van der Waals surface area contributed by atoms with Crippen LogP contribution < -0.4 is 10.1 Å². The van der Waals surface area contributed by atoms with E-state index in [0.29, 0.717) is 25.5 Å². The minimum atomic E-state index is 0.120. The van der Waals surface area contributed by atoms with E-state index in [2.05, 4.69) is 33.1 Å². The standard InChI is InChI=1S/C18H22BrNO2/c19-16-9-6-10-17(14-16)22-12-5-4-11-20-18(21)13-15-7-2-1-3-8-15/h6,9-10,14-15H,1-3,7-8,11-13H2,(H,20,21). The summed E-state index contributed by atoms with van der Waals surface area (Å²) in [4.78, 5) is 11.8. The first-order valence-corrected chi connectivity index (χ1v) is 8.64. The molecule has 1 saturated carbocycles. The minimum absolute atomic E-state index is 0.120. The highest BCUT2D eigenvalue weighted by Crippen LogP contribution is 2.25. The molecule has 1 fully saturated rings. The molecule has 2 rings (SSSR count). The molecule has 0 unspecified atom stereocenters. The SMILES string of the molecule is O=C(CC1CCCCC1)NCC#CCOc1cccc(Br)c1. The second kappa shape index (κ2) is 9.53. The second-order valence-corrected chi connectivity index (χ2v) is 6.50. The predicted octanol–water partition coefficient (Wildman–Crippen LogP) is 3.92. The monoisotopic (exact) mass is 363 g/mol. The highest BCUT2D eigenvalue weighted by Gasteiger charge is 2.16. The number of ether oxygens (including phenoxy) is 1. The Labute approximate surface area is 140 Å². The molecule has 1 aliphatic carbocycles. The third-order valence-corrected chi connectivity index (χ3v) is 4.30. The molecule has 0 bridgehead atoms. The fourth-order valence-electron chi connectivity index (χ4n) is 2.66. The van der Waals surface area contributed by atoms with Crippen LogP contribution in [0.1, 0.15) is 38.5 Å². The lowest BCUT2D eigenvalue weighted by Gasteiger charge is -2.20. The van der Waals surface area contributed by atoms with Crippen molar-refractivity contribution in [2.45, 2.75) is 38.5 Å². The Balaban J connectivity index is 1.59. The van der Waals surface area contributed by atoms with Gasteiger partial charge in [0.25, 0.3) is 0 Å². The number of hydrogen-bond acceptors (Lipinski definition) is 2. The van der Waals surface area contributed by atoms with Crippen molar-refractivity contribution in [1.82, 2.24) is 5.32 Å². The van der Waals surface area contributed by atoms with Gasteiger partial charge in [-0.2, -0.15) is 0 Å². The summed E-state index contributed by atoms with van der Waals surface area (Å²) in [5, 5.41) is 2.86. The first-order chi connectivity index (χ1) is 10.7. The summed E-state index contributed by atoms with van der Waals surface area (Å²) in [6, 6.07) is 7.64. The highest BCUT2D eigenvalue weighted by atomic mass is 79.9. The average molecular weight is 364 g/mol. The highest BCUT2D eigenvalue weighted by molar-refractivity contribution is 9.10. The fourth-order valence-corrected chi connectivity index (χ4v) is 3.04. The molecule has 1 aromatic carbocycles. The Kier molecular flexibility index (Phi) is 7.32. The van der Waals surface area contributed by atoms with Gasteiger partial charge in [0.1, 0.15) is 12.4 Å². The molecule has 0 heterocycles. The van der Waals surface area contributed by atoms with Gasteiger partial charge in [-0.3, -0.25) is 4.79 Å². The Morgan fingerprint density at radius 3 is 2.86 bits per heavy atom. The molecule has 0 radical (unpaired) electrons. The van der Waals surface area contributed by atoms with Crippen molar-refractivity contribution >= 4 is 21.8 Å². The van der Waals surface area contributed by atoms with E-state index >= 15 is 0 Å². The maximum absolute atomic E-state index is 11.8. The minimum Gasteiger partial charge on any atom is -0.481 e. The van der Waals surface area contributed by atoms with Crippen molar-refractivity contribution < 1.29 is 9.53 Å². The second-order valence-electron chi connectivity index (χ2n) is 5.58. The van der Waals surface area contributed by atoms with Crippen LogP contribution in [0.4, 0.5) is 0 Å². The maximum atomic E-state index is 11.8. The first-order valence-electron chi connectivity index (χ1n) is 7.85. The van der Waals surface area contributed by atoms with Gasteiger partial charge in [-0.15, -0.1) is 0 Å². The van der Waals surface area contributed by atoms with Gasteiger partial charge >= 0.3 is 0 Å². The number of benzene rings is 1. The van der Waals surface area contributed by atoms with Gasteiger partial charge in [0.15, 0.2) is 0 Å². The predicted molar refractivity (Wildman–Crippen MR) is 91.6 cm³/mol. The van der Waals surface area contributed by atoms with E-state index in [9.17, 15) is 4.79 Å². The van der Waals surface area contributed by atoms with Crippen molar-refractivity contribution in [3.05, 3.63) is 28.7 Å². The average Bonchev–Trinajstić information content (AvgIpc) is 2.52. The van der Waals surface area contributed by atoms with E-state index in [1.807, 2.05) is 24.3 Å². The Morgan fingerprint density at radius 1 is 1.27 bits per heavy atom. The molecule has 1 aliphatic rings. The number of nitrogens with one attached hydrogen (secondary N) is 1. The quantitative estimate of drug-likeness (QED) is 0.805. The summed E-state index contributed by atoms with van der Waals surface area (Å²) in [6.45, 7) is 0.725. The van der Waals surface area contributed by atoms with Gasteiger partial charge in [0.05, 0.1) is 6.54 Å². The normalized spacial score (nSPS) is 14.8. The molecule has 0 saturated heterocycles. The van der Waals surface area contributed by atoms with Crippen LogP contribution in [0, 0.1) is 17.8 Å². The van der Waals surface area contributed by atoms with Crippen LogP contribution in [0.2, 0.25) is 0 Å². The molecule has 1 N–H and O–H groups in total. The van der Waals surface area contributed by atoms with Crippen molar-refractivity contribution in [2.24, 2.45) is 5.92 Å². The van der Waals surface area contributed by atoms with Crippen LogP contribution in [0.5, 0.6) is 5.75 Å². The van der Waals surface area contributed by atoms with Gasteiger partial charge in [0.2, 0.25) is 5.91 Å². The molecular formula is C18H22BrNO2.